The number of carbonyl (C=O) groups is 2. The number of aromatic nitrogens is 3. The largest absolute Gasteiger partial charge is 0.477 e. The summed E-state index contributed by atoms with van der Waals surface area (Å²) in [5.41, 5.74) is 1.62. The third-order valence-electron chi connectivity index (χ3n) is 6.22. The Kier molecular flexibility index (Phi) is 6.53. The third kappa shape index (κ3) is 5.24. The van der Waals surface area contributed by atoms with Crippen LogP contribution in [-0.2, 0) is 11.3 Å². The topological polar surface area (TPSA) is 80.6 Å². The smallest absolute Gasteiger partial charge is 0.274 e. The molecule has 0 aliphatic carbocycles. The van der Waals surface area contributed by atoms with Gasteiger partial charge in [0.15, 0.2) is 0 Å². The van der Waals surface area contributed by atoms with Gasteiger partial charge in [0.2, 0.25) is 11.8 Å². The van der Waals surface area contributed by atoms with Crippen molar-refractivity contribution < 1.29 is 14.3 Å². The summed E-state index contributed by atoms with van der Waals surface area (Å²) in [6.45, 7) is 8.21. The van der Waals surface area contributed by atoms with Gasteiger partial charge in [0, 0.05) is 63.5 Å². The number of piperidine rings is 1. The molecule has 8 nitrogen and oxygen atoms in total. The summed E-state index contributed by atoms with van der Waals surface area (Å²) >= 11 is 0. The number of nitrogens with zero attached hydrogens (tertiary/aromatic N) is 5. The number of carbonyl (C=O) groups excluding carboxylic acids is 2. The Morgan fingerprint density at radius 2 is 2.03 bits per heavy atom. The molecule has 1 atom stereocenters. The zero-order valence-electron chi connectivity index (χ0n) is 18.4. The van der Waals surface area contributed by atoms with E-state index < -0.39 is 0 Å². The number of ether oxygens (including phenoxy) is 1. The molecule has 4 heterocycles. The molecule has 0 radical (unpaired) electrons. The van der Waals surface area contributed by atoms with Crippen molar-refractivity contribution in [3.05, 3.63) is 41.9 Å². The van der Waals surface area contributed by atoms with Crippen LogP contribution in [0.1, 0.15) is 42.2 Å². The monoisotopic (exact) mass is 425 g/mol. The molecular formula is C23H31N5O3. The van der Waals surface area contributed by atoms with Crippen LogP contribution >= 0.6 is 0 Å². The first-order chi connectivity index (χ1) is 15.0. The highest BCUT2D eigenvalue weighted by molar-refractivity contribution is 5.92. The first-order valence-electron chi connectivity index (χ1n) is 11.2. The van der Waals surface area contributed by atoms with Crippen LogP contribution in [0.4, 0.5) is 0 Å². The quantitative estimate of drug-likeness (QED) is 0.680. The second kappa shape index (κ2) is 9.49. The minimum atomic E-state index is 0.00451. The van der Waals surface area contributed by atoms with Gasteiger partial charge in [0.1, 0.15) is 5.69 Å². The number of rotatable bonds is 7. The molecule has 2 fully saturated rings. The highest BCUT2D eigenvalue weighted by Gasteiger charge is 2.33. The van der Waals surface area contributed by atoms with Gasteiger partial charge in [-0.1, -0.05) is 0 Å². The van der Waals surface area contributed by atoms with E-state index in [1.165, 1.54) is 0 Å². The Morgan fingerprint density at radius 3 is 2.74 bits per heavy atom. The Labute approximate surface area is 183 Å². The minimum Gasteiger partial charge on any atom is -0.477 e. The molecule has 31 heavy (non-hydrogen) atoms. The number of hydrogen-bond donors (Lipinski definition) is 0. The van der Waals surface area contributed by atoms with Gasteiger partial charge in [-0.15, -0.1) is 0 Å². The lowest BCUT2D eigenvalue weighted by molar-refractivity contribution is -0.128. The fourth-order valence-corrected chi connectivity index (χ4v) is 4.38. The van der Waals surface area contributed by atoms with Crippen molar-refractivity contribution in [1.82, 2.24) is 24.6 Å². The van der Waals surface area contributed by atoms with E-state index in [1.807, 2.05) is 42.0 Å². The first-order valence-corrected chi connectivity index (χ1v) is 11.2. The molecule has 1 unspecified atom stereocenters. The summed E-state index contributed by atoms with van der Waals surface area (Å²) in [6.07, 6.45) is 5.94. The van der Waals surface area contributed by atoms with Crippen LogP contribution in [0, 0.1) is 18.8 Å². The summed E-state index contributed by atoms with van der Waals surface area (Å²) in [5, 5.41) is 4.32. The van der Waals surface area contributed by atoms with E-state index >= 15 is 0 Å². The third-order valence-corrected chi connectivity index (χ3v) is 6.22. The van der Waals surface area contributed by atoms with Crippen LogP contribution in [0.25, 0.3) is 0 Å². The molecule has 0 bridgehead atoms. The molecule has 0 aromatic carbocycles. The fraction of sp³-hybridized carbons (Fsp3) is 0.565. The lowest BCUT2D eigenvalue weighted by Gasteiger charge is -2.33. The minimum absolute atomic E-state index is 0.00451. The lowest BCUT2D eigenvalue weighted by atomic mass is 9.96. The van der Waals surface area contributed by atoms with E-state index in [2.05, 4.69) is 10.1 Å². The van der Waals surface area contributed by atoms with Crippen LogP contribution in [0.3, 0.4) is 0 Å². The normalized spacial score (nSPS) is 19.8. The molecule has 2 aliphatic rings. The first kappa shape index (κ1) is 21.3. The SMILES string of the molecule is CCn1ccc(C(=O)N2CCC(CN3CC(COc4cc(C)ccn4)CC3=O)CC2)n1. The fourth-order valence-electron chi connectivity index (χ4n) is 4.38. The molecule has 2 amide bonds. The molecule has 0 spiro atoms. The number of amides is 2. The van der Waals surface area contributed by atoms with Gasteiger partial charge in [-0.2, -0.15) is 5.10 Å². The van der Waals surface area contributed by atoms with Crippen molar-refractivity contribution in [3.8, 4) is 5.88 Å². The zero-order valence-corrected chi connectivity index (χ0v) is 18.4. The predicted octanol–water partition coefficient (Wildman–Crippen LogP) is 2.39. The van der Waals surface area contributed by atoms with E-state index in [0.717, 1.165) is 51.1 Å². The molecule has 2 aliphatic heterocycles. The van der Waals surface area contributed by atoms with Gasteiger partial charge in [-0.25, -0.2) is 4.98 Å². The summed E-state index contributed by atoms with van der Waals surface area (Å²) < 4.78 is 7.58. The molecule has 8 heteroatoms. The summed E-state index contributed by atoms with van der Waals surface area (Å²) in [5.74, 6) is 1.45. The average molecular weight is 426 g/mol. The van der Waals surface area contributed by atoms with Gasteiger partial charge in [0.25, 0.3) is 5.91 Å². The standard InChI is InChI=1S/C23H31N5O3/c1-3-28-11-7-20(25-28)23(30)26-9-5-18(6-10-26)14-27-15-19(13-22(27)29)16-31-21-12-17(2)4-8-24-21/h4,7-8,11-12,18-19H,3,5-6,9-10,13-16H2,1-2H3. The van der Waals surface area contributed by atoms with Crippen molar-refractivity contribution in [1.29, 1.82) is 0 Å². The number of likely N-dealkylation sites (tertiary alicyclic amines) is 2. The molecule has 2 saturated heterocycles. The Balaban J connectivity index is 1.22. The van der Waals surface area contributed by atoms with E-state index in [-0.39, 0.29) is 17.7 Å². The Morgan fingerprint density at radius 1 is 1.23 bits per heavy atom. The molecular weight excluding hydrogens is 394 g/mol. The van der Waals surface area contributed by atoms with Gasteiger partial charge in [-0.05, 0) is 50.3 Å². The summed E-state index contributed by atoms with van der Waals surface area (Å²) in [6, 6.07) is 5.63. The zero-order chi connectivity index (χ0) is 21.8. The highest BCUT2D eigenvalue weighted by atomic mass is 16.5. The highest BCUT2D eigenvalue weighted by Crippen LogP contribution is 2.25. The maximum atomic E-state index is 12.7. The van der Waals surface area contributed by atoms with E-state index in [4.69, 9.17) is 4.74 Å². The van der Waals surface area contributed by atoms with Gasteiger partial charge in [-0.3, -0.25) is 14.3 Å². The van der Waals surface area contributed by atoms with Crippen LogP contribution in [0.2, 0.25) is 0 Å². The average Bonchev–Trinajstić information content (AvgIpc) is 3.39. The van der Waals surface area contributed by atoms with Crippen molar-refractivity contribution in [3.63, 3.8) is 0 Å². The van der Waals surface area contributed by atoms with Crippen LogP contribution in [-0.4, -0.2) is 69.2 Å². The van der Waals surface area contributed by atoms with Gasteiger partial charge in [0.05, 0.1) is 6.61 Å². The lowest BCUT2D eigenvalue weighted by Crippen LogP contribution is -2.42. The second-order valence-electron chi connectivity index (χ2n) is 8.64. The predicted molar refractivity (Wildman–Crippen MR) is 116 cm³/mol. The van der Waals surface area contributed by atoms with Crippen LogP contribution < -0.4 is 4.74 Å². The van der Waals surface area contributed by atoms with E-state index in [0.29, 0.717) is 30.5 Å². The molecule has 166 valence electrons. The van der Waals surface area contributed by atoms with Crippen molar-refractivity contribution in [2.75, 3.05) is 32.8 Å². The molecule has 4 rings (SSSR count). The second-order valence-corrected chi connectivity index (χ2v) is 8.64. The van der Waals surface area contributed by atoms with Crippen LogP contribution in [0.5, 0.6) is 5.88 Å². The maximum Gasteiger partial charge on any atom is 0.274 e. The molecule has 2 aromatic heterocycles. The van der Waals surface area contributed by atoms with E-state index in [1.54, 1.807) is 16.9 Å². The summed E-state index contributed by atoms with van der Waals surface area (Å²) in [7, 11) is 0. The molecule has 0 saturated carbocycles. The van der Waals surface area contributed by atoms with Crippen LogP contribution in [0.15, 0.2) is 30.6 Å². The maximum absolute atomic E-state index is 12.7. The van der Waals surface area contributed by atoms with Crippen molar-refractivity contribution >= 4 is 11.8 Å². The molecule has 0 N–H and O–H groups in total. The van der Waals surface area contributed by atoms with Gasteiger partial charge >= 0.3 is 0 Å². The Bertz CT molecular complexity index is 919. The Hall–Kier alpha value is -2.90. The number of pyridine rings is 1. The van der Waals surface area contributed by atoms with Gasteiger partial charge < -0.3 is 14.5 Å². The number of aryl methyl sites for hydroxylation is 2. The van der Waals surface area contributed by atoms with Crippen molar-refractivity contribution in [2.24, 2.45) is 11.8 Å². The van der Waals surface area contributed by atoms with Crippen molar-refractivity contribution in [2.45, 2.75) is 39.7 Å². The van der Waals surface area contributed by atoms with E-state index in [9.17, 15) is 9.59 Å². The summed E-state index contributed by atoms with van der Waals surface area (Å²) in [4.78, 5) is 33.2. The molecule has 2 aromatic rings. The number of hydrogen-bond acceptors (Lipinski definition) is 5.